The number of hydrogen-bond donors (Lipinski definition) is 7. The molecule has 0 radical (unpaired) electrons. The highest BCUT2D eigenvalue weighted by Gasteiger charge is 2.36. The number of carboxylic acids is 1. The standard InChI is InChI=1S/C25H25F3N2O6.C15H18N6O6S.C11H11Cl2NO2.C8H14ClN5.C3H8NO5P.C3H9S/c1-5-16-6-7-17(20(12-16)36-15(2)23(32)34-4)14-35-19-10-8-18(9-11-19)30-22(31)13-21(25(26,27)28)29(3)24(30)33;1-21(2)13(22)9-6-5-7-16-12(9)28(24,25)20-15(23)19-14-17-10(26-3)8-11(18-14)27-4;1-7-6-16-9-5-3-2-4-8(9)14(7)11(15)10(12)13;1-4-10-7-12-6(9)13-8(14-7)11-5(2)3;5-3(6)1-4-2-10(7,8)9;1-4(2)3/h6-13,15H,5,14H2,1-4H3;5-8H,1-4H3,(H2,17,18,19,20,23);2-5,7,10H,6H2,1H3;5H,4H2,1-3H3,(H2,10,11,12,13,14);4H,1-2H2,(H,5,6)(H2,7,8,9);1-3H3/q;;;;;+1/p-1. The number of benzene rings is 3. The lowest BCUT2D eigenvalue weighted by Crippen LogP contribution is -2.47. The number of amides is 4. The molecule has 3 aromatic carbocycles. The molecule has 7 aromatic rings. The van der Waals surface area contributed by atoms with Gasteiger partial charge in [-0.1, -0.05) is 54.4 Å². The van der Waals surface area contributed by atoms with Crippen molar-refractivity contribution in [2.75, 3.05) is 101 Å². The van der Waals surface area contributed by atoms with Gasteiger partial charge in [-0.2, -0.15) is 46.5 Å². The number of carbonyl (C=O) groups is 5. The number of pyridine rings is 1. The molecule has 0 aliphatic carbocycles. The minimum absolute atomic E-state index is 0.0672. The monoisotopic (exact) mass is 1640 g/mol. The Bertz CT molecular complexity index is 4430. The van der Waals surface area contributed by atoms with Gasteiger partial charge in [0.1, 0.15) is 43.8 Å². The lowest BCUT2D eigenvalue weighted by atomic mass is 10.1. The first-order valence-corrected chi connectivity index (χ1v) is 38.6. The Kier molecular flexibility index (Phi) is 37.7. The Morgan fingerprint density at radius 2 is 1.48 bits per heavy atom. The van der Waals surface area contributed by atoms with Crippen LogP contribution in [0, 0.1) is 0 Å². The summed E-state index contributed by atoms with van der Waals surface area (Å²) in [7, 11) is -0.337. The zero-order valence-electron chi connectivity index (χ0n) is 61.1. The lowest BCUT2D eigenvalue weighted by molar-refractivity contribution is -0.193. The molecule has 43 heteroatoms. The highest BCUT2D eigenvalue weighted by molar-refractivity contribution is 7.94. The van der Waals surface area contributed by atoms with E-state index in [4.69, 9.17) is 73.2 Å². The molecule has 8 rings (SSSR count). The van der Waals surface area contributed by atoms with E-state index in [1.165, 1.54) is 89.0 Å². The van der Waals surface area contributed by atoms with Crippen LogP contribution in [0.4, 0.5) is 41.5 Å². The summed E-state index contributed by atoms with van der Waals surface area (Å²) in [5, 5.41) is 17.8. The van der Waals surface area contributed by atoms with Gasteiger partial charge in [-0.3, -0.25) is 34.4 Å². The first kappa shape index (κ1) is 92.6. The quantitative estimate of drug-likeness (QED) is 0.0150. The number of alkyl halides is 5. The Morgan fingerprint density at radius 1 is 0.870 bits per heavy atom. The fourth-order valence-electron chi connectivity index (χ4n) is 8.37. The number of sulfonamides is 1. The predicted molar refractivity (Wildman–Crippen MR) is 399 cm³/mol. The Hall–Kier alpha value is -9.60. The molecule has 7 N–H and O–H groups in total. The van der Waals surface area contributed by atoms with Gasteiger partial charge in [-0.05, 0) is 124 Å². The number of urea groups is 1. The van der Waals surface area contributed by atoms with Gasteiger partial charge in [0, 0.05) is 51.6 Å². The number of rotatable bonds is 23. The van der Waals surface area contributed by atoms with E-state index in [1.54, 1.807) is 16.5 Å². The molecular weight excluding hydrogens is 1550 g/mol. The third-order valence-corrected chi connectivity index (χ3v) is 15.6. The van der Waals surface area contributed by atoms with Gasteiger partial charge in [-0.15, -0.1) is 0 Å². The predicted octanol–water partition coefficient (Wildman–Crippen LogP) is 6.78. The van der Waals surface area contributed by atoms with Crippen LogP contribution in [0.1, 0.15) is 68.7 Å². The van der Waals surface area contributed by atoms with Crippen molar-refractivity contribution in [3.63, 3.8) is 0 Å². The number of nitrogens with zero attached hydrogens (tertiary/aromatic N) is 10. The zero-order valence-corrected chi connectivity index (χ0v) is 65.9. The van der Waals surface area contributed by atoms with Crippen LogP contribution in [0.3, 0.4) is 0 Å². The Balaban J connectivity index is 0.000000370. The highest BCUT2D eigenvalue weighted by atomic mass is 35.5. The minimum atomic E-state index is -4.84. The fraction of sp³-hybridized carbons (Fsp3) is 0.400. The molecule has 4 aromatic heterocycles. The lowest BCUT2D eigenvalue weighted by Gasteiger charge is -2.35. The summed E-state index contributed by atoms with van der Waals surface area (Å²) in [6, 6.07) is 22.1. The van der Waals surface area contributed by atoms with Gasteiger partial charge < -0.3 is 68.3 Å². The van der Waals surface area contributed by atoms with Crippen molar-refractivity contribution in [1.29, 1.82) is 0 Å². The maximum Gasteiger partial charge on any atom is 0.431 e. The van der Waals surface area contributed by atoms with Gasteiger partial charge in [-0.25, -0.2) is 28.7 Å². The van der Waals surface area contributed by atoms with Crippen molar-refractivity contribution < 1.29 is 93.4 Å². The van der Waals surface area contributed by atoms with Crippen LogP contribution >= 0.6 is 42.4 Å². The Morgan fingerprint density at radius 3 is 2.02 bits per heavy atom. The van der Waals surface area contributed by atoms with Gasteiger partial charge in [0.25, 0.3) is 27.4 Å². The number of nitrogens with one attached hydrogen (secondary N) is 5. The van der Waals surface area contributed by atoms with E-state index in [9.17, 15) is 64.6 Å². The smallest absolute Gasteiger partial charge is 0.431 e. The summed E-state index contributed by atoms with van der Waals surface area (Å²) >= 11 is 17.0. The van der Waals surface area contributed by atoms with Gasteiger partial charge in [0.15, 0.2) is 16.0 Å². The second kappa shape index (κ2) is 44.0. The third kappa shape index (κ3) is 30.9. The molecule has 3 atom stereocenters. The van der Waals surface area contributed by atoms with E-state index in [1.807, 2.05) is 82.4 Å². The molecule has 592 valence electrons. The molecule has 0 fully saturated rings. The number of carboxylic acid groups (broad SMARTS) is 1. The number of anilines is 4. The highest BCUT2D eigenvalue weighted by Crippen LogP contribution is 2.35. The van der Waals surface area contributed by atoms with Crippen molar-refractivity contribution in [3.05, 3.63) is 146 Å². The normalized spacial score (nSPS) is 12.9. The molecule has 0 saturated heterocycles. The van der Waals surface area contributed by atoms with Crippen LogP contribution in [0.2, 0.25) is 5.28 Å². The van der Waals surface area contributed by atoms with Crippen molar-refractivity contribution in [1.82, 2.24) is 54.0 Å². The number of hydrogen-bond acceptors (Lipinski definition) is 26. The van der Waals surface area contributed by atoms with E-state index in [0.717, 1.165) is 31.3 Å². The van der Waals surface area contributed by atoms with Crippen molar-refractivity contribution in [2.24, 2.45) is 7.05 Å². The van der Waals surface area contributed by atoms with E-state index < -0.39 is 93.4 Å². The largest absolute Gasteiger partial charge is 0.778 e. The summed E-state index contributed by atoms with van der Waals surface area (Å²) in [5.41, 5.74) is -1.27. The van der Waals surface area contributed by atoms with Crippen molar-refractivity contribution in [2.45, 2.75) is 88.8 Å². The molecular formula is C65H84Cl3F3N15O19PS2. The van der Waals surface area contributed by atoms with E-state index in [2.05, 4.69) is 64.6 Å². The molecule has 0 bridgehead atoms. The number of carbonyl (C=O) groups excluding carboxylic acids is 4. The maximum absolute atomic E-state index is 13.1. The molecule has 1 aliphatic rings. The summed E-state index contributed by atoms with van der Waals surface area (Å²) in [5.74, 6) is -0.157. The molecule has 0 spiro atoms. The topological polar surface area (TPSA) is 443 Å². The van der Waals surface area contributed by atoms with Gasteiger partial charge in [0.05, 0.1) is 82.0 Å². The average molecular weight is 1640 g/mol. The zero-order chi connectivity index (χ0) is 81.6. The number of ether oxygens (including phenoxy) is 6. The van der Waals surface area contributed by atoms with Gasteiger partial charge in [0.2, 0.25) is 34.9 Å². The molecule has 4 amide bonds. The summed E-state index contributed by atoms with van der Waals surface area (Å²) < 4.78 is 109. The van der Waals surface area contributed by atoms with Crippen LogP contribution in [-0.4, -0.2) is 195 Å². The number of aromatic nitrogens is 8. The number of methoxy groups -OCH3 is 3. The third-order valence-electron chi connectivity index (χ3n) is 13.1. The fourth-order valence-corrected chi connectivity index (χ4v) is 10.2. The van der Waals surface area contributed by atoms with Crippen LogP contribution < -0.4 is 70.7 Å². The maximum atomic E-state index is 13.1. The first-order valence-electron chi connectivity index (χ1n) is 31.7. The number of halogens is 6. The van der Waals surface area contributed by atoms with Crippen molar-refractivity contribution in [3.8, 4) is 34.7 Å². The number of aliphatic carboxylic acids is 1. The second-order valence-corrected chi connectivity index (χ2v) is 29.9. The SMILES string of the molecule is CC1COc2ccccc2N1C(=O)C(Cl)Cl.CCNc1nc(Cl)nc(NC(C)C)n1.CCc1ccc(COc2ccc(-n3c(=O)cc(C(F)(F)F)n(C)c3=O)cc2)c(OC(C)C(=O)OC)c1.COc1cc(OC)nc(NC(=O)NS(=O)(=O)c2ncccc2C(=O)N(C)C)n1.C[S+](C)C.O=C(O)CNCP(=O)([O-])O. The number of esters is 1. The number of aryl methyl sites for hydroxylation is 1. The molecule has 5 heterocycles. The van der Waals surface area contributed by atoms with E-state index in [0.29, 0.717) is 67.4 Å². The number of para-hydroxylation sites is 2. The van der Waals surface area contributed by atoms with Crippen LogP contribution in [-0.2, 0) is 70.9 Å². The summed E-state index contributed by atoms with van der Waals surface area (Å²) in [4.78, 5) is 126. The molecule has 34 nitrogen and oxygen atoms in total. The number of fused-ring (bicyclic) bond motifs is 1. The minimum Gasteiger partial charge on any atom is -0.778 e. The van der Waals surface area contributed by atoms with Crippen molar-refractivity contribution >= 4 is 117 Å². The van der Waals surface area contributed by atoms with Crippen LogP contribution in [0.25, 0.3) is 5.69 Å². The van der Waals surface area contributed by atoms with E-state index in [-0.39, 0.29) is 58.8 Å². The van der Waals surface area contributed by atoms with E-state index >= 15 is 0 Å². The molecule has 0 saturated carbocycles. The molecule has 1 aliphatic heterocycles. The van der Waals surface area contributed by atoms with Gasteiger partial charge >= 0.3 is 29.8 Å². The molecule has 3 unspecified atom stereocenters. The summed E-state index contributed by atoms with van der Waals surface area (Å²) in [6.07, 6.45) is 2.16. The second-order valence-electron chi connectivity index (χ2n) is 22.9. The first-order chi connectivity index (χ1) is 50.5. The average Bonchev–Trinajstić information content (AvgIpc) is 0.781. The Labute approximate surface area is 637 Å². The summed E-state index contributed by atoms with van der Waals surface area (Å²) in [6.45, 7) is 12.2. The van der Waals surface area contributed by atoms with Crippen LogP contribution in [0.15, 0.2) is 112 Å². The van der Waals surface area contributed by atoms with Crippen LogP contribution in [0.5, 0.6) is 29.0 Å². The molecule has 108 heavy (non-hydrogen) atoms.